The molecule has 1 aromatic rings. The molecule has 6 heteroatoms. The molecule has 2 saturated heterocycles. The van der Waals surface area contributed by atoms with E-state index in [-0.39, 0.29) is 5.91 Å². The topological polar surface area (TPSA) is 62.5 Å². The predicted octanol–water partition coefficient (Wildman–Crippen LogP) is 2.00. The molecular formula is C16H26N4O2. The Kier molecular flexibility index (Phi) is 4.76. The number of aromatic nitrogens is 2. The standard InChI is InChI=1S/C16H26N4O2/c1-3-6-15-17-16(22-18-15)11-19-9-4-7-13(19)14-8-5-10-20(14)12(2)21/h13-14H,3-11H2,1-2H3. The van der Waals surface area contributed by atoms with Crippen LogP contribution in [0.1, 0.15) is 57.7 Å². The van der Waals surface area contributed by atoms with E-state index in [1.165, 1.54) is 6.42 Å². The van der Waals surface area contributed by atoms with Crippen molar-refractivity contribution in [3.05, 3.63) is 11.7 Å². The van der Waals surface area contributed by atoms with Crippen LogP contribution >= 0.6 is 0 Å². The van der Waals surface area contributed by atoms with Gasteiger partial charge in [-0.25, -0.2) is 0 Å². The van der Waals surface area contributed by atoms with Crippen LogP contribution < -0.4 is 0 Å². The van der Waals surface area contributed by atoms with Crippen LogP contribution in [-0.2, 0) is 17.8 Å². The third-order valence-corrected chi connectivity index (χ3v) is 4.88. The second-order valence-electron chi connectivity index (χ2n) is 6.46. The summed E-state index contributed by atoms with van der Waals surface area (Å²) >= 11 is 0. The average Bonchev–Trinajstić information content (AvgIpc) is 3.19. The van der Waals surface area contributed by atoms with E-state index in [4.69, 9.17) is 4.52 Å². The molecule has 2 atom stereocenters. The molecule has 6 nitrogen and oxygen atoms in total. The minimum Gasteiger partial charge on any atom is -0.338 e. The van der Waals surface area contributed by atoms with Gasteiger partial charge in [-0.05, 0) is 38.6 Å². The van der Waals surface area contributed by atoms with Crippen molar-refractivity contribution in [2.45, 2.75) is 71.0 Å². The quantitative estimate of drug-likeness (QED) is 0.832. The van der Waals surface area contributed by atoms with Crippen molar-refractivity contribution in [3.8, 4) is 0 Å². The molecule has 122 valence electrons. The van der Waals surface area contributed by atoms with Crippen LogP contribution in [0, 0.1) is 0 Å². The minimum absolute atomic E-state index is 0.206. The zero-order valence-electron chi connectivity index (χ0n) is 13.6. The van der Waals surface area contributed by atoms with Gasteiger partial charge < -0.3 is 9.42 Å². The van der Waals surface area contributed by atoms with Crippen LogP contribution in [-0.4, -0.2) is 51.0 Å². The molecule has 0 radical (unpaired) electrons. The molecule has 0 aliphatic carbocycles. The lowest BCUT2D eigenvalue weighted by Gasteiger charge is -2.33. The number of carbonyl (C=O) groups is 1. The van der Waals surface area contributed by atoms with Crippen molar-refractivity contribution in [1.29, 1.82) is 0 Å². The summed E-state index contributed by atoms with van der Waals surface area (Å²) in [5.74, 6) is 1.72. The lowest BCUT2D eigenvalue weighted by molar-refractivity contribution is -0.130. The van der Waals surface area contributed by atoms with Gasteiger partial charge in [0.2, 0.25) is 11.8 Å². The highest BCUT2D eigenvalue weighted by Gasteiger charge is 2.39. The first-order chi connectivity index (χ1) is 10.7. The zero-order valence-corrected chi connectivity index (χ0v) is 13.6. The van der Waals surface area contributed by atoms with E-state index >= 15 is 0 Å². The van der Waals surface area contributed by atoms with Gasteiger partial charge in [-0.1, -0.05) is 12.1 Å². The Hall–Kier alpha value is -1.43. The minimum atomic E-state index is 0.206. The smallest absolute Gasteiger partial charge is 0.240 e. The molecule has 0 N–H and O–H groups in total. The summed E-state index contributed by atoms with van der Waals surface area (Å²) in [6.45, 7) is 6.48. The first kappa shape index (κ1) is 15.5. The van der Waals surface area contributed by atoms with Crippen molar-refractivity contribution in [1.82, 2.24) is 19.9 Å². The molecule has 0 spiro atoms. The maximum Gasteiger partial charge on any atom is 0.240 e. The fourth-order valence-electron chi connectivity index (χ4n) is 3.92. The van der Waals surface area contributed by atoms with Gasteiger partial charge >= 0.3 is 0 Å². The first-order valence-electron chi connectivity index (χ1n) is 8.51. The largest absolute Gasteiger partial charge is 0.338 e. The van der Waals surface area contributed by atoms with Crippen molar-refractivity contribution in [3.63, 3.8) is 0 Å². The molecule has 0 aromatic carbocycles. The van der Waals surface area contributed by atoms with Gasteiger partial charge in [-0.15, -0.1) is 0 Å². The number of aryl methyl sites for hydroxylation is 1. The van der Waals surface area contributed by atoms with E-state index in [0.717, 1.165) is 51.0 Å². The Bertz CT molecular complexity index is 516. The molecule has 2 aliphatic heterocycles. The van der Waals surface area contributed by atoms with E-state index < -0.39 is 0 Å². The Morgan fingerprint density at radius 2 is 2.05 bits per heavy atom. The second kappa shape index (κ2) is 6.77. The number of rotatable bonds is 5. The molecule has 2 unspecified atom stereocenters. The molecule has 1 amide bonds. The van der Waals surface area contributed by atoms with Gasteiger partial charge in [0.1, 0.15) is 0 Å². The van der Waals surface area contributed by atoms with E-state index in [1.807, 2.05) is 0 Å². The van der Waals surface area contributed by atoms with E-state index in [9.17, 15) is 4.79 Å². The lowest BCUT2D eigenvalue weighted by Crippen LogP contribution is -2.47. The van der Waals surface area contributed by atoms with Crippen LogP contribution in [0.4, 0.5) is 0 Å². The molecule has 2 fully saturated rings. The van der Waals surface area contributed by atoms with Gasteiger partial charge in [0.25, 0.3) is 0 Å². The number of amides is 1. The molecule has 1 aromatic heterocycles. The van der Waals surface area contributed by atoms with Gasteiger partial charge in [-0.2, -0.15) is 4.98 Å². The summed E-state index contributed by atoms with van der Waals surface area (Å²) in [7, 11) is 0. The zero-order chi connectivity index (χ0) is 15.5. The SMILES string of the molecule is CCCc1noc(CN2CCCC2C2CCCN2C(C)=O)n1. The van der Waals surface area contributed by atoms with Gasteiger partial charge in [-0.3, -0.25) is 9.69 Å². The highest BCUT2D eigenvalue weighted by Crippen LogP contribution is 2.30. The predicted molar refractivity (Wildman–Crippen MR) is 82.1 cm³/mol. The Labute approximate surface area is 131 Å². The van der Waals surface area contributed by atoms with Gasteiger partial charge in [0.05, 0.1) is 6.54 Å². The fourth-order valence-corrected chi connectivity index (χ4v) is 3.92. The molecule has 0 saturated carbocycles. The number of likely N-dealkylation sites (tertiary alicyclic amines) is 2. The lowest BCUT2D eigenvalue weighted by atomic mass is 10.0. The molecule has 3 rings (SSSR count). The highest BCUT2D eigenvalue weighted by molar-refractivity contribution is 5.74. The molecule has 3 heterocycles. The summed E-state index contributed by atoms with van der Waals surface area (Å²) in [5.41, 5.74) is 0. The van der Waals surface area contributed by atoms with Crippen molar-refractivity contribution in [2.75, 3.05) is 13.1 Å². The van der Waals surface area contributed by atoms with Crippen LogP contribution in [0.5, 0.6) is 0 Å². The third kappa shape index (κ3) is 3.16. The van der Waals surface area contributed by atoms with Crippen molar-refractivity contribution < 1.29 is 9.32 Å². The third-order valence-electron chi connectivity index (χ3n) is 4.88. The number of hydrogen-bond acceptors (Lipinski definition) is 5. The number of nitrogens with zero attached hydrogens (tertiary/aromatic N) is 4. The molecule has 0 bridgehead atoms. The summed E-state index contributed by atoms with van der Waals surface area (Å²) in [6, 6.07) is 0.797. The summed E-state index contributed by atoms with van der Waals surface area (Å²) in [5, 5.41) is 4.04. The van der Waals surface area contributed by atoms with Crippen LogP contribution in [0.2, 0.25) is 0 Å². The Morgan fingerprint density at radius 1 is 1.27 bits per heavy atom. The fraction of sp³-hybridized carbons (Fsp3) is 0.812. The summed E-state index contributed by atoms with van der Waals surface area (Å²) in [6.07, 6.45) is 6.48. The molecular weight excluding hydrogens is 280 g/mol. The van der Waals surface area contributed by atoms with Crippen LogP contribution in [0.3, 0.4) is 0 Å². The van der Waals surface area contributed by atoms with Gasteiger partial charge in [0.15, 0.2) is 5.82 Å². The highest BCUT2D eigenvalue weighted by atomic mass is 16.5. The normalized spacial score (nSPS) is 26.0. The Morgan fingerprint density at radius 3 is 2.82 bits per heavy atom. The van der Waals surface area contributed by atoms with E-state index in [0.29, 0.717) is 24.5 Å². The van der Waals surface area contributed by atoms with Crippen molar-refractivity contribution >= 4 is 5.91 Å². The van der Waals surface area contributed by atoms with E-state index in [2.05, 4.69) is 26.9 Å². The second-order valence-corrected chi connectivity index (χ2v) is 6.46. The number of carbonyl (C=O) groups excluding carboxylic acids is 1. The molecule has 22 heavy (non-hydrogen) atoms. The van der Waals surface area contributed by atoms with Crippen LogP contribution in [0.15, 0.2) is 4.52 Å². The first-order valence-corrected chi connectivity index (χ1v) is 8.51. The maximum atomic E-state index is 11.8. The summed E-state index contributed by atoms with van der Waals surface area (Å²) < 4.78 is 5.38. The van der Waals surface area contributed by atoms with Crippen LogP contribution in [0.25, 0.3) is 0 Å². The monoisotopic (exact) mass is 306 g/mol. The molecule has 2 aliphatic rings. The van der Waals surface area contributed by atoms with Crippen molar-refractivity contribution in [2.24, 2.45) is 0 Å². The average molecular weight is 306 g/mol. The summed E-state index contributed by atoms with van der Waals surface area (Å²) in [4.78, 5) is 20.8. The van der Waals surface area contributed by atoms with E-state index in [1.54, 1.807) is 6.92 Å². The maximum absolute atomic E-state index is 11.8. The Balaban J connectivity index is 1.66. The number of hydrogen-bond donors (Lipinski definition) is 0. The van der Waals surface area contributed by atoms with Gasteiger partial charge in [0, 0.05) is 32.0 Å².